The molecule has 2 amide bonds. The Hall–Kier alpha value is -2.20. The number of unbranched alkanes of at least 4 members (excludes halogenated alkanes) is 7. The Morgan fingerprint density at radius 3 is 1.88 bits per heavy atom. The van der Waals surface area contributed by atoms with Crippen molar-refractivity contribution >= 4 is 23.8 Å². The first-order valence-electron chi connectivity index (χ1n) is 12.6. The lowest BCUT2D eigenvalue weighted by atomic mass is 10.1. The largest absolute Gasteiger partial charge is 0.481 e. The van der Waals surface area contributed by atoms with Gasteiger partial charge >= 0.3 is 11.9 Å². The maximum absolute atomic E-state index is 12.5. The van der Waals surface area contributed by atoms with E-state index in [0.29, 0.717) is 70.8 Å². The van der Waals surface area contributed by atoms with Gasteiger partial charge in [-0.3, -0.25) is 14.4 Å². The van der Waals surface area contributed by atoms with Crippen molar-refractivity contribution in [2.75, 3.05) is 26.4 Å². The van der Waals surface area contributed by atoms with Crippen molar-refractivity contribution in [3.8, 4) is 0 Å². The summed E-state index contributed by atoms with van der Waals surface area (Å²) in [6.07, 6.45) is 8.41. The van der Waals surface area contributed by atoms with Gasteiger partial charge in [0.1, 0.15) is 6.04 Å². The van der Waals surface area contributed by atoms with Gasteiger partial charge in [-0.25, -0.2) is 4.79 Å². The molecule has 0 fully saturated rings. The summed E-state index contributed by atoms with van der Waals surface area (Å²) in [5, 5.41) is 31.8. The number of hydrogen-bond donors (Lipinski definition) is 5. The van der Waals surface area contributed by atoms with Crippen molar-refractivity contribution in [1.29, 1.82) is 0 Å². The number of esters is 1. The standard InChI is InChI=1S/C24H44N2O8/c27-17-9-1-4-13-21(29)25-16-8-7-12-20(26-22(30)14-5-2-10-18-28)24(33)34-19-11-3-6-15-23(31)32/h20,27-28H,1-19H2,(H,25,29)(H,26,30)(H,31,32)/t20-/m1/s1. The van der Waals surface area contributed by atoms with E-state index in [1.54, 1.807) is 0 Å². The number of hydrogen-bond acceptors (Lipinski definition) is 7. The molecule has 0 aromatic heterocycles. The predicted octanol–water partition coefficient (Wildman–Crippen LogP) is 2.05. The van der Waals surface area contributed by atoms with Crippen LogP contribution in [-0.4, -0.2) is 71.5 Å². The summed E-state index contributed by atoms with van der Waals surface area (Å²) in [6.45, 7) is 0.879. The van der Waals surface area contributed by atoms with Crippen LogP contribution in [0.25, 0.3) is 0 Å². The van der Waals surface area contributed by atoms with Crippen molar-refractivity contribution in [3.63, 3.8) is 0 Å². The third kappa shape index (κ3) is 20.4. The molecular formula is C24H44N2O8. The van der Waals surface area contributed by atoms with Crippen LogP contribution in [0.4, 0.5) is 0 Å². The smallest absolute Gasteiger partial charge is 0.328 e. The maximum Gasteiger partial charge on any atom is 0.328 e. The quantitative estimate of drug-likeness (QED) is 0.108. The third-order valence-electron chi connectivity index (χ3n) is 5.26. The number of carboxylic acids is 1. The summed E-state index contributed by atoms with van der Waals surface area (Å²) >= 11 is 0. The summed E-state index contributed by atoms with van der Waals surface area (Å²) in [6, 6.07) is -0.765. The second-order valence-corrected chi connectivity index (χ2v) is 8.41. The van der Waals surface area contributed by atoms with Crippen LogP contribution in [0.5, 0.6) is 0 Å². The summed E-state index contributed by atoms with van der Waals surface area (Å²) in [5.74, 6) is -1.63. The Labute approximate surface area is 202 Å². The van der Waals surface area contributed by atoms with E-state index in [1.807, 2.05) is 0 Å². The van der Waals surface area contributed by atoms with Crippen LogP contribution in [0.15, 0.2) is 0 Å². The summed E-state index contributed by atoms with van der Waals surface area (Å²) < 4.78 is 5.29. The number of aliphatic hydroxyl groups excluding tert-OH is 2. The number of aliphatic hydroxyl groups is 2. The molecule has 0 aromatic rings. The minimum absolute atomic E-state index is 0.0343. The molecule has 34 heavy (non-hydrogen) atoms. The van der Waals surface area contributed by atoms with Crippen LogP contribution in [0, 0.1) is 0 Å². The number of rotatable bonds is 23. The number of carboxylic acid groups (broad SMARTS) is 1. The van der Waals surface area contributed by atoms with Gasteiger partial charge < -0.3 is 30.7 Å². The molecule has 5 N–H and O–H groups in total. The van der Waals surface area contributed by atoms with E-state index >= 15 is 0 Å². The SMILES string of the molecule is O=C(O)CCCCCOC(=O)[C@@H](CCCCNC(=O)CCCCCO)NC(=O)CCCCCO. The first-order valence-corrected chi connectivity index (χ1v) is 12.6. The Morgan fingerprint density at radius 1 is 0.676 bits per heavy atom. The molecule has 10 heteroatoms. The fraction of sp³-hybridized carbons (Fsp3) is 0.833. The Morgan fingerprint density at radius 2 is 1.26 bits per heavy atom. The van der Waals surface area contributed by atoms with Crippen LogP contribution in [0.3, 0.4) is 0 Å². The molecule has 0 heterocycles. The summed E-state index contributed by atoms with van der Waals surface area (Å²) in [7, 11) is 0. The summed E-state index contributed by atoms with van der Waals surface area (Å²) in [5.41, 5.74) is 0. The molecule has 0 saturated carbocycles. The number of carbonyl (C=O) groups excluding carboxylic acids is 3. The van der Waals surface area contributed by atoms with E-state index in [2.05, 4.69) is 10.6 Å². The Bertz CT molecular complexity index is 571. The zero-order valence-corrected chi connectivity index (χ0v) is 20.4. The van der Waals surface area contributed by atoms with Crippen molar-refractivity contribution in [2.45, 2.75) is 102 Å². The van der Waals surface area contributed by atoms with E-state index in [4.69, 9.17) is 20.1 Å². The van der Waals surface area contributed by atoms with Crippen molar-refractivity contribution in [2.24, 2.45) is 0 Å². The van der Waals surface area contributed by atoms with Gasteiger partial charge in [0.25, 0.3) is 0 Å². The minimum Gasteiger partial charge on any atom is -0.481 e. The van der Waals surface area contributed by atoms with E-state index < -0.39 is 18.0 Å². The molecule has 0 aliphatic rings. The van der Waals surface area contributed by atoms with Crippen LogP contribution < -0.4 is 10.6 Å². The molecule has 0 saturated heterocycles. The molecule has 0 radical (unpaired) electrons. The topological polar surface area (TPSA) is 162 Å². The fourth-order valence-electron chi connectivity index (χ4n) is 3.28. The molecule has 0 unspecified atom stereocenters. The first-order chi connectivity index (χ1) is 16.4. The molecule has 0 aliphatic carbocycles. The van der Waals surface area contributed by atoms with Gasteiger partial charge in [0.15, 0.2) is 0 Å². The maximum atomic E-state index is 12.5. The van der Waals surface area contributed by atoms with Crippen molar-refractivity contribution in [3.05, 3.63) is 0 Å². The lowest BCUT2D eigenvalue weighted by molar-refractivity contribution is -0.148. The van der Waals surface area contributed by atoms with Crippen LogP contribution in [0.2, 0.25) is 0 Å². The van der Waals surface area contributed by atoms with Gasteiger partial charge in [-0.1, -0.05) is 12.8 Å². The van der Waals surface area contributed by atoms with E-state index in [1.165, 1.54) is 0 Å². The van der Waals surface area contributed by atoms with Crippen molar-refractivity contribution < 1.29 is 39.2 Å². The average molecular weight is 489 g/mol. The highest BCUT2D eigenvalue weighted by Crippen LogP contribution is 2.07. The van der Waals surface area contributed by atoms with Gasteiger partial charge in [0.2, 0.25) is 11.8 Å². The monoisotopic (exact) mass is 488 g/mol. The zero-order valence-electron chi connectivity index (χ0n) is 20.4. The third-order valence-corrected chi connectivity index (χ3v) is 5.26. The normalized spacial score (nSPS) is 11.6. The summed E-state index contributed by atoms with van der Waals surface area (Å²) in [4.78, 5) is 47.0. The zero-order chi connectivity index (χ0) is 25.4. The molecule has 0 spiro atoms. The molecular weight excluding hydrogens is 444 g/mol. The average Bonchev–Trinajstić information content (AvgIpc) is 2.80. The van der Waals surface area contributed by atoms with Crippen LogP contribution in [-0.2, 0) is 23.9 Å². The minimum atomic E-state index is -0.850. The lowest BCUT2D eigenvalue weighted by Gasteiger charge is -2.18. The van der Waals surface area contributed by atoms with Gasteiger partial charge in [-0.2, -0.15) is 0 Å². The van der Waals surface area contributed by atoms with Crippen LogP contribution in [0.1, 0.15) is 96.3 Å². The highest BCUT2D eigenvalue weighted by Gasteiger charge is 2.21. The highest BCUT2D eigenvalue weighted by atomic mass is 16.5. The second kappa shape index (κ2) is 22.6. The molecule has 0 rings (SSSR count). The van der Waals surface area contributed by atoms with E-state index in [9.17, 15) is 19.2 Å². The fourth-order valence-corrected chi connectivity index (χ4v) is 3.28. The predicted molar refractivity (Wildman–Crippen MR) is 127 cm³/mol. The van der Waals surface area contributed by atoms with Crippen molar-refractivity contribution in [1.82, 2.24) is 10.6 Å². The Kier molecular flexibility index (Phi) is 21.1. The van der Waals surface area contributed by atoms with Gasteiger partial charge in [0, 0.05) is 39.0 Å². The van der Waals surface area contributed by atoms with Gasteiger partial charge in [-0.05, 0) is 64.2 Å². The van der Waals surface area contributed by atoms with Crippen LogP contribution >= 0.6 is 0 Å². The van der Waals surface area contributed by atoms with E-state index in [-0.39, 0.29) is 44.5 Å². The molecule has 198 valence electrons. The molecule has 0 aromatic carbocycles. The first kappa shape index (κ1) is 31.8. The number of ether oxygens (including phenoxy) is 1. The highest BCUT2D eigenvalue weighted by molar-refractivity contribution is 5.84. The molecule has 10 nitrogen and oxygen atoms in total. The molecule has 0 aliphatic heterocycles. The van der Waals surface area contributed by atoms with E-state index in [0.717, 1.165) is 19.3 Å². The van der Waals surface area contributed by atoms with Gasteiger partial charge in [0.05, 0.1) is 6.61 Å². The Balaban J connectivity index is 4.33. The second-order valence-electron chi connectivity index (χ2n) is 8.41. The number of nitrogens with one attached hydrogen (secondary N) is 2. The van der Waals surface area contributed by atoms with Gasteiger partial charge in [-0.15, -0.1) is 0 Å². The number of aliphatic carboxylic acids is 1. The molecule has 0 bridgehead atoms. The molecule has 1 atom stereocenters. The number of carbonyl (C=O) groups is 4. The lowest BCUT2D eigenvalue weighted by Crippen LogP contribution is -2.42. The number of amides is 2.